The number of hydrogen-bond acceptors (Lipinski definition) is 5. The Balaban J connectivity index is 2.42. The second-order valence-corrected chi connectivity index (χ2v) is 4.62. The number of nitrogens with zero attached hydrogens (tertiary/aromatic N) is 2. The second kappa shape index (κ2) is 7.04. The molecule has 1 aromatic heterocycles. The number of aromatic nitrogens is 2. The first-order chi connectivity index (χ1) is 10.2. The van der Waals surface area contributed by atoms with Gasteiger partial charge in [-0.1, -0.05) is 0 Å². The van der Waals surface area contributed by atoms with Gasteiger partial charge in [0.25, 0.3) is 0 Å². The average molecular weight is 287 g/mol. The van der Waals surface area contributed by atoms with Gasteiger partial charge in [0.1, 0.15) is 18.2 Å². The SMILES string of the molecule is CCOCc1nc(NC)cc(-c2ccc(OC)cc2C)n1. The standard InChI is InChI=1S/C16H21N3O2/c1-5-21-10-16-18-14(9-15(17-3)19-16)13-7-6-12(20-4)8-11(13)2/h6-9H,5,10H2,1-4H3,(H,17,18,19). The Morgan fingerprint density at radius 1 is 1.19 bits per heavy atom. The van der Waals surface area contributed by atoms with Crippen LogP contribution in [0.4, 0.5) is 5.82 Å². The summed E-state index contributed by atoms with van der Waals surface area (Å²) in [4.78, 5) is 8.99. The van der Waals surface area contributed by atoms with Gasteiger partial charge in [-0.25, -0.2) is 9.97 Å². The molecule has 0 unspecified atom stereocenters. The lowest BCUT2D eigenvalue weighted by molar-refractivity contribution is 0.128. The molecular formula is C16H21N3O2. The van der Waals surface area contributed by atoms with E-state index in [9.17, 15) is 0 Å². The maximum atomic E-state index is 5.40. The van der Waals surface area contributed by atoms with Crippen molar-refractivity contribution in [3.05, 3.63) is 35.7 Å². The molecule has 112 valence electrons. The summed E-state index contributed by atoms with van der Waals surface area (Å²) in [5.74, 6) is 2.30. The quantitative estimate of drug-likeness (QED) is 0.885. The largest absolute Gasteiger partial charge is 0.497 e. The van der Waals surface area contributed by atoms with Crippen molar-refractivity contribution < 1.29 is 9.47 Å². The molecule has 0 aliphatic carbocycles. The molecule has 0 radical (unpaired) electrons. The Morgan fingerprint density at radius 2 is 2.00 bits per heavy atom. The summed E-state index contributed by atoms with van der Waals surface area (Å²) in [5, 5.41) is 3.06. The fraction of sp³-hybridized carbons (Fsp3) is 0.375. The molecule has 1 N–H and O–H groups in total. The number of aryl methyl sites for hydroxylation is 1. The minimum Gasteiger partial charge on any atom is -0.497 e. The van der Waals surface area contributed by atoms with Crippen LogP contribution in [0.5, 0.6) is 5.75 Å². The fourth-order valence-electron chi connectivity index (χ4n) is 2.07. The number of nitrogens with one attached hydrogen (secondary N) is 1. The molecule has 5 nitrogen and oxygen atoms in total. The number of anilines is 1. The number of hydrogen-bond donors (Lipinski definition) is 1. The van der Waals surface area contributed by atoms with Crippen molar-refractivity contribution in [1.29, 1.82) is 0 Å². The van der Waals surface area contributed by atoms with Crippen LogP contribution in [0.1, 0.15) is 18.3 Å². The van der Waals surface area contributed by atoms with Crippen LogP contribution in [-0.4, -0.2) is 30.7 Å². The van der Waals surface area contributed by atoms with E-state index in [1.54, 1.807) is 7.11 Å². The van der Waals surface area contributed by atoms with Crippen molar-refractivity contribution in [2.75, 3.05) is 26.1 Å². The maximum Gasteiger partial charge on any atom is 0.157 e. The highest BCUT2D eigenvalue weighted by Crippen LogP contribution is 2.26. The highest BCUT2D eigenvalue weighted by molar-refractivity contribution is 5.67. The molecule has 2 rings (SSSR count). The predicted octanol–water partition coefficient (Wildman–Crippen LogP) is 3.04. The zero-order valence-corrected chi connectivity index (χ0v) is 12.9. The van der Waals surface area contributed by atoms with Gasteiger partial charge >= 0.3 is 0 Å². The van der Waals surface area contributed by atoms with Gasteiger partial charge in [-0.3, -0.25) is 0 Å². The van der Waals surface area contributed by atoms with Gasteiger partial charge in [-0.15, -0.1) is 0 Å². The van der Waals surface area contributed by atoms with Crippen LogP contribution in [0.15, 0.2) is 24.3 Å². The summed E-state index contributed by atoms with van der Waals surface area (Å²) >= 11 is 0. The Kier molecular flexibility index (Phi) is 5.11. The molecule has 0 fully saturated rings. The van der Waals surface area contributed by atoms with E-state index < -0.39 is 0 Å². The summed E-state index contributed by atoms with van der Waals surface area (Å²) in [7, 11) is 3.51. The van der Waals surface area contributed by atoms with Gasteiger partial charge < -0.3 is 14.8 Å². The van der Waals surface area contributed by atoms with Crippen molar-refractivity contribution in [3.8, 4) is 17.0 Å². The molecule has 0 spiro atoms. The van der Waals surface area contributed by atoms with Gasteiger partial charge in [0.05, 0.1) is 12.8 Å². The number of benzene rings is 1. The van der Waals surface area contributed by atoms with Crippen molar-refractivity contribution in [1.82, 2.24) is 9.97 Å². The molecule has 0 aliphatic heterocycles. The van der Waals surface area contributed by atoms with E-state index in [4.69, 9.17) is 9.47 Å². The van der Waals surface area contributed by atoms with Crippen LogP contribution in [0.25, 0.3) is 11.3 Å². The van der Waals surface area contributed by atoms with Gasteiger partial charge in [0, 0.05) is 25.3 Å². The molecule has 5 heteroatoms. The molecule has 1 heterocycles. The molecule has 0 atom stereocenters. The summed E-state index contributed by atoms with van der Waals surface area (Å²) in [6.45, 7) is 5.05. The van der Waals surface area contributed by atoms with E-state index in [2.05, 4.69) is 15.3 Å². The van der Waals surface area contributed by atoms with E-state index in [1.807, 2.05) is 45.2 Å². The molecule has 0 aliphatic rings. The van der Waals surface area contributed by atoms with Crippen LogP contribution >= 0.6 is 0 Å². The van der Waals surface area contributed by atoms with Crippen LogP contribution < -0.4 is 10.1 Å². The molecule has 0 bridgehead atoms. The third-order valence-corrected chi connectivity index (χ3v) is 3.17. The third kappa shape index (κ3) is 3.70. The monoisotopic (exact) mass is 287 g/mol. The zero-order valence-electron chi connectivity index (χ0n) is 12.9. The second-order valence-electron chi connectivity index (χ2n) is 4.62. The minimum atomic E-state index is 0.411. The molecule has 0 amide bonds. The molecule has 0 saturated carbocycles. The highest BCUT2D eigenvalue weighted by atomic mass is 16.5. The van der Waals surface area contributed by atoms with Gasteiger partial charge in [0.15, 0.2) is 5.82 Å². The summed E-state index contributed by atoms with van der Waals surface area (Å²) < 4.78 is 10.6. The van der Waals surface area contributed by atoms with Gasteiger partial charge in [0.2, 0.25) is 0 Å². The average Bonchev–Trinajstić information content (AvgIpc) is 2.52. The van der Waals surface area contributed by atoms with Crippen molar-refractivity contribution in [3.63, 3.8) is 0 Å². The van der Waals surface area contributed by atoms with Crippen molar-refractivity contribution >= 4 is 5.82 Å². The first kappa shape index (κ1) is 15.3. The third-order valence-electron chi connectivity index (χ3n) is 3.17. The van der Waals surface area contributed by atoms with E-state index >= 15 is 0 Å². The Morgan fingerprint density at radius 3 is 2.62 bits per heavy atom. The normalized spacial score (nSPS) is 10.5. The highest BCUT2D eigenvalue weighted by Gasteiger charge is 2.09. The molecule has 21 heavy (non-hydrogen) atoms. The van der Waals surface area contributed by atoms with Crippen LogP contribution in [-0.2, 0) is 11.3 Å². The topological polar surface area (TPSA) is 56.3 Å². The molecule has 2 aromatic rings. The number of rotatable bonds is 6. The Bertz CT molecular complexity index is 614. The lowest BCUT2D eigenvalue weighted by Gasteiger charge is -2.11. The molecule has 1 aromatic carbocycles. The lowest BCUT2D eigenvalue weighted by Crippen LogP contribution is -2.04. The fourth-order valence-corrected chi connectivity index (χ4v) is 2.07. The van der Waals surface area contributed by atoms with Gasteiger partial charge in [-0.05, 0) is 37.6 Å². The number of methoxy groups -OCH3 is 1. The van der Waals surface area contributed by atoms with Crippen molar-refractivity contribution in [2.45, 2.75) is 20.5 Å². The smallest absolute Gasteiger partial charge is 0.157 e. The Labute approximate surface area is 125 Å². The molecule has 0 saturated heterocycles. The maximum absolute atomic E-state index is 5.40. The summed E-state index contributed by atoms with van der Waals surface area (Å²) in [5.41, 5.74) is 3.05. The first-order valence-electron chi connectivity index (χ1n) is 6.96. The van der Waals surface area contributed by atoms with E-state index in [-0.39, 0.29) is 0 Å². The Hall–Kier alpha value is -2.14. The van der Waals surface area contributed by atoms with Gasteiger partial charge in [-0.2, -0.15) is 0 Å². The van der Waals surface area contributed by atoms with Crippen LogP contribution in [0.2, 0.25) is 0 Å². The number of ether oxygens (including phenoxy) is 2. The van der Waals surface area contributed by atoms with Crippen molar-refractivity contribution in [2.24, 2.45) is 0 Å². The summed E-state index contributed by atoms with van der Waals surface area (Å²) in [6, 6.07) is 7.88. The van der Waals surface area contributed by atoms with Crippen LogP contribution in [0.3, 0.4) is 0 Å². The minimum absolute atomic E-state index is 0.411. The van der Waals surface area contributed by atoms with E-state index in [0.717, 1.165) is 28.4 Å². The van der Waals surface area contributed by atoms with E-state index in [1.165, 1.54) is 0 Å². The first-order valence-corrected chi connectivity index (χ1v) is 6.96. The summed E-state index contributed by atoms with van der Waals surface area (Å²) in [6.07, 6.45) is 0. The van der Waals surface area contributed by atoms with E-state index in [0.29, 0.717) is 19.0 Å². The zero-order chi connectivity index (χ0) is 15.2. The van der Waals surface area contributed by atoms with Crippen LogP contribution in [0, 0.1) is 6.92 Å². The lowest BCUT2D eigenvalue weighted by atomic mass is 10.0. The molecular weight excluding hydrogens is 266 g/mol. The predicted molar refractivity (Wildman–Crippen MR) is 83.6 cm³/mol.